The van der Waals surface area contributed by atoms with Crippen LogP contribution in [-0.4, -0.2) is 54.5 Å². The first-order chi connectivity index (χ1) is 12.4. The van der Waals surface area contributed by atoms with Crippen LogP contribution in [0.4, 0.5) is 4.79 Å². The first-order valence-electron chi connectivity index (χ1n) is 10.0. The average molecular weight is 514 g/mol. The van der Waals surface area contributed by atoms with Crippen molar-refractivity contribution in [2.45, 2.75) is 79.4 Å². The number of hydrogen-bond donors (Lipinski definition) is 4. The largest absolute Gasteiger partial charge is 0.444 e. The van der Waals surface area contributed by atoms with Crippen molar-refractivity contribution in [3.05, 3.63) is 0 Å². The molecule has 0 bridgehead atoms. The van der Waals surface area contributed by atoms with E-state index in [-0.39, 0.29) is 30.6 Å². The van der Waals surface area contributed by atoms with Crippen LogP contribution in [0.2, 0.25) is 0 Å². The van der Waals surface area contributed by atoms with E-state index in [9.17, 15) is 9.90 Å². The van der Waals surface area contributed by atoms with E-state index < -0.39 is 17.2 Å². The number of carbonyl (C=O) groups excluding carboxylic acids is 1. The van der Waals surface area contributed by atoms with Crippen molar-refractivity contribution < 1.29 is 14.6 Å². The highest BCUT2D eigenvalue weighted by Gasteiger charge is 2.24. The fraction of sp³-hybridized carbons (Fsp3) is 0.900. The molecular weight excluding hydrogens is 471 g/mol. The zero-order chi connectivity index (χ0) is 21.1. The van der Waals surface area contributed by atoms with Gasteiger partial charge in [-0.3, -0.25) is 4.99 Å². The molecule has 1 atom stereocenters. The van der Waals surface area contributed by atoms with E-state index in [2.05, 4.69) is 34.8 Å². The Morgan fingerprint density at radius 1 is 1.14 bits per heavy atom. The van der Waals surface area contributed by atoms with Crippen LogP contribution in [0.1, 0.15) is 68.2 Å². The van der Waals surface area contributed by atoms with Crippen LogP contribution in [0.5, 0.6) is 0 Å². The summed E-state index contributed by atoms with van der Waals surface area (Å²) in [4.78, 5) is 16.6. The number of rotatable bonds is 10. The van der Waals surface area contributed by atoms with Crippen molar-refractivity contribution in [2.75, 3.05) is 26.2 Å². The Morgan fingerprint density at radius 3 is 2.21 bits per heavy atom. The Morgan fingerprint density at radius 2 is 1.75 bits per heavy atom. The Kier molecular flexibility index (Phi) is 15.0. The van der Waals surface area contributed by atoms with Crippen molar-refractivity contribution in [3.8, 4) is 0 Å². The summed E-state index contributed by atoms with van der Waals surface area (Å²) < 4.78 is 5.32. The molecule has 0 aliphatic rings. The highest BCUT2D eigenvalue weighted by atomic mass is 127. The molecule has 8 heteroatoms. The van der Waals surface area contributed by atoms with Gasteiger partial charge in [0, 0.05) is 19.7 Å². The van der Waals surface area contributed by atoms with Crippen LogP contribution >= 0.6 is 24.0 Å². The maximum atomic E-state index is 12.0. The fourth-order valence-electron chi connectivity index (χ4n) is 2.63. The van der Waals surface area contributed by atoms with E-state index in [1.165, 1.54) is 0 Å². The Labute approximate surface area is 188 Å². The minimum Gasteiger partial charge on any atom is -0.444 e. The maximum absolute atomic E-state index is 12.0. The number of hydrogen-bond acceptors (Lipinski definition) is 4. The molecule has 0 saturated carbocycles. The first-order valence-corrected chi connectivity index (χ1v) is 10.0. The number of halogens is 1. The molecule has 0 aromatic heterocycles. The van der Waals surface area contributed by atoms with Gasteiger partial charge >= 0.3 is 6.09 Å². The predicted molar refractivity (Wildman–Crippen MR) is 127 cm³/mol. The molecule has 0 rings (SSSR count). The molecule has 0 aliphatic carbocycles. The van der Waals surface area contributed by atoms with Crippen LogP contribution < -0.4 is 16.0 Å². The van der Waals surface area contributed by atoms with Crippen LogP contribution in [0.25, 0.3) is 0 Å². The standard InChI is InChI=1S/C20H42N4O3.HI/c1-9-21-17(22-13-16(10-11-25)12-15(2)3)23-14-20(7,8)24-18(26)27-19(4,5)6;/h15-16,25H,9-14H2,1-8H3,(H,24,26)(H2,21,22,23);1H. The number of aliphatic hydroxyl groups is 1. The summed E-state index contributed by atoms with van der Waals surface area (Å²) in [6.45, 7) is 17.8. The minimum absolute atomic E-state index is 0. The quantitative estimate of drug-likeness (QED) is 0.203. The van der Waals surface area contributed by atoms with E-state index in [0.717, 1.165) is 25.9 Å². The second-order valence-electron chi connectivity index (χ2n) is 9.09. The molecule has 0 fully saturated rings. The number of amides is 1. The Balaban J connectivity index is 0. The summed E-state index contributed by atoms with van der Waals surface area (Å²) in [7, 11) is 0. The van der Waals surface area contributed by atoms with Gasteiger partial charge in [0.05, 0.1) is 12.1 Å². The van der Waals surface area contributed by atoms with Crippen molar-refractivity contribution in [1.82, 2.24) is 16.0 Å². The van der Waals surface area contributed by atoms with E-state index in [4.69, 9.17) is 4.74 Å². The third kappa shape index (κ3) is 16.2. The third-order valence-corrected chi connectivity index (χ3v) is 3.72. The summed E-state index contributed by atoms with van der Waals surface area (Å²) in [5, 5.41) is 18.7. The molecule has 0 aliphatic heterocycles. The molecular formula is C20H43IN4O3. The van der Waals surface area contributed by atoms with Crippen molar-refractivity contribution in [1.29, 1.82) is 0 Å². The van der Waals surface area contributed by atoms with Crippen LogP contribution in [0.3, 0.4) is 0 Å². The topological polar surface area (TPSA) is 95.0 Å². The number of aliphatic hydroxyl groups excluding tert-OH is 1. The van der Waals surface area contributed by atoms with Gasteiger partial charge in [-0.05, 0) is 66.2 Å². The third-order valence-electron chi connectivity index (χ3n) is 3.72. The summed E-state index contributed by atoms with van der Waals surface area (Å²) >= 11 is 0. The Hall–Kier alpha value is -0.770. The van der Waals surface area contributed by atoms with Gasteiger partial charge < -0.3 is 25.8 Å². The molecule has 4 N–H and O–H groups in total. The van der Waals surface area contributed by atoms with Crippen molar-refractivity contribution >= 4 is 36.0 Å². The Bertz CT molecular complexity index is 463. The lowest BCUT2D eigenvalue weighted by atomic mass is 9.94. The zero-order valence-corrected chi connectivity index (χ0v) is 21.3. The number of nitrogens with one attached hydrogen (secondary N) is 3. The number of carbonyl (C=O) groups is 1. The van der Waals surface area contributed by atoms with Crippen LogP contribution in [0.15, 0.2) is 4.99 Å². The highest BCUT2D eigenvalue weighted by Crippen LogP contribution is 2.14. The SMILES string of the molecule is CCNC(=NCC(C)(C)NC(=O)OC(C)(C)C)NCC(CCO)CC(C)C.I. The van der Waals surface area contributed by atoms with Gasteiger partial charge in [-0.1, -0.05) is 13.8 Å². The summed E-state index contributed by atoms with van der Waals surface area (Å²) in [5.41, 5.74) is -1.06. The number of alkyl carbamates (subject to hydrolysis) is 1. The molecule has 168 valence electrons. The lowest BCUT2D eigenvalue weighted by molar-refractivity contribution is 0.0476. The van der Waals surface area contributed by atoms with E-state index in [1.807, 2.05) is 41.5 Å². The zero-order valence-electron chi connectivity index (χ0n) is 19.0. The number of guanidine groups is 1. The smallest absolute Gasteiger partial charge is 0.408 e. The molecule has 0 radical (unpaired) electrons. The van der Waals surface area contributed by atoms with Crippen molar-refractivity contribution in [3.63, 3.8) is 0 Å². The van der Waals surface area contributed by atoms with Gasteiger partial charge in [-0.25, -0.2) is 4.79 Å². The number of nitrogens with zero attached hydrogens (tertiary/aromatic N) is 1. The van der Waals surface area contributed by atoms with Crippen molar-refractivity contribution in [2.24, 2.45) is 16.8 Å². The monoisotopic (exact) mass is 514 g/mol. The summed E-state index contributed by atoms with van der Waals surface area (Å²) in [5.74, 6) is 1.69. The predicted octanol–water partition coefficient (Wildman–Crippen LogP) is 3.51. The molecule has 0 aromatic rings. The second-order valence-corrected chi connectivity index (χ2v) is 9.09. The maximum Gasteiger partial charge on any atom is 0.408 e. The fourth-order valence-corrected chi connectivity index (χ4v) is 2.63. The molecule has 1 unspecified atom stereocenters. The lowest BCUT2D eigenvalue weighted by Crippen LogP contribution is -2.49. The van der Waals surface area contributed by atoms with E-state index in [1.54, 1.807) is 0 Å². The van der Waals surface area contributed by atoms with Gasteiger partial charge in [-0.15, -0.1) is 24.0 Å². The first kappa shape index (κ1) is 29.4. The van der Waals surface area contributed by atoms with Crippen LogP contribution in [-0.2, 0) is 4.74 Å². The average Bonchev–Trinajstić information content (AvgIpc) is 2.47. The summed E-state index contributed by atoms with van der Waals surface area (Å²) in [6, 6.07) is 0. The molecule has 0 saturated heterocycles. The molecule has 1 amide bonds. The molecule has 0 aromatic carbocycles. The van der Waals surface area contributed by atoms with Gasteiger partial charge in [0.2, 0.25) is 0 Å². The van der Waals surface area contributed by atoms with Gasteiger partial charge in [-0.2, -0.15) is 0 Å². The van der Waals surface area contributed by atoms with Gasteiger partial charge in [0.1, 0.15) is 5.60 Å². The number of ether oxygens (including phenoxy) is 1. The second kappa shape index (κ2) is 14.3. The lowest BCUT2D eigenvalue weighted by Gasteiger charge is -2.28. The highest BCUT2D eigenvalue weighted by molar-refractivity contribution is 14.0. The molecule has 28 heavy (non-hydrogen) atoms. The molecule has 0 spiro atoms. The van der Waals surface area contributed by atoms with E-state index >= 15 is 0 Å². The van der Waals surface area contributed by atoms with E-state index in [0.29, 0.717) is 24.3 Å². The van der Waals surface area contributed by atoms with Gasteiger partial charge in [0.25, 0.3) is 0 Å². The molecule has 7 nitrogen and oxygen atoms in total. The minimum atomic E-state index is -0.535. The number of aliphatic imine (C=N–C) groups is 1. The normalized spacial score (nSPS) is 13.6. The summed E-state index contributed by atoms with van der Waals surface area (Å²) in [6.07, 6.45) is 1.38. The van der Waals surface area contributed by atoms with Crippen LogP contribution in [0, 0.1) is 11.8 Å². The van der Waals surface area contributed by atoms with Gasteiger partial charge in [0.15, 0.2) is 5.96 Å². The molecule has 0 heterocycles.